The van der Waals surface area contributed by atoms with Gasteiger partial charge in [-0.05, 0) is 40.5 Å². The van der Waals surface area contributed by atoms with E-state index < -0.39 is 0 Å². The van der Waals surface area contributed by atoms with Crippen molar-refractivity contribution in [3.8, 4) is 0 Å². The molecule has 0 aromatic rings. The van der Waals surface area contributed by atoms with Crippen LogP contribution in [-0.4, -0.2) is 24.9 Å². The summed E-state index contributed by atoms with van der Waals surface area (Å²) in [7, 11) is 0. The fourth-order valence-electron chi connectivity index (χ4n) is 2.78. The lowest BCUT2D eigenvalue weighted by atomic mass is 10.0. The van der Waals surface area contributed by atoms with Crippen LogP contribution < -0.4 is 0 Å². The fraction of sp³-hybridized carbons (Fsp3) is 1.00. The van der Waals surface area contributed by atoms with E-state index in [-0.39, 0.29) is 0 Å². The van der Waals surface area contributed by atoms with Gasteiger partial charge in [-0.2, -0.15) is 0 Å². The van der Waals surface area contributed by atoms with Gasteiger partial charge in [-0.1, -0.05) is 64.7 Å². The van der Waals surface area contributed by atoms with Crippen molar-refractivity contribution in [2.45, 2.75) is 124 Å². The number of unbranched alkanes of at least 4 members (excludes halogenated alkanes) is 8. The van der Waals surface area contributed by atoms with Crippen LogP contribution in [0.1, 0.15) is 105 Å². The van der Waals surface area contributed by atoms with Crippen molar-refractivity contribution in [1.29, 1.82) is 0 Å². The van der Waals surface area contributed by atoms with Crippen LogP contribution in [0.2, 0.25) is 0 Å². The summed E-state index contributed by atoms with van der Waals surface area (Å²) in [6.45, 7) is 11.6. The monoisotopic (exact) mass is 314 g/mol. The lowest BCUT2D eigenvalue weighted by molar-refractivity contribution is -0.0255. The third-order valence-corrected chi connectivity index (χ3v) is 3.99. The minimum Gasteiger partial charge on any atom is -0.379 e. The predicted molar refractivity (Wildman–Crippen MR) is 97.6 cm³/mol. The van der Waals surface area contributed by atoms with Gasteiger partial charge in [-0.15, -0.1) is 0 Å². The molecule has 22 heavy (non-hydrogen) atoms. The van der Waals surface area contributed by atoms with Gasteiger partial charge >= 0.3 is 0 Å². The van der Waals surface area contributed by atoms with Crippen LogP contribution in [-0.2, 0) is 9.47 Å². The SMILES string of the molecule is CCCCCCCCCCCC(CCOC(C)C)OC(C)C. The van der Waals surface area contributed by atoms with Crippen molar-refractivity contribution in [3.05, 3.63) is 0 Å². The summed E-state index contributed by atoms with van der Waals surface area (Å²) in [6.07, 6.45) is 15.7. The maximum absolute atomic E-state index is 6.02. The predicted octanol–water partition coefficient (Wildman–Crippen LogP) is 6.52. The van der Waals surface area contributed by atoms with Crippen LogP contribution in [0.15, 0.2) is 0 Å². The van der Waals surface area contributed by atoms with E-state index in [4.69, 9.17) is 9.47 Å². The van der Waals surface area contributed by atoms with Crippen molar-refractivity contribution in [1.82, 2.24) is 0 Å². The van der Waals surface area contributed by atoms with Gasteiger partial charge in [0.15, 0.2) is 0 Å². The Hall–Kier alpha value is -0.0800. The molecule has 0 bridgehead atoms. The molecule has 0 rings (SSSR count). The Morgan fingerprint density at radius 3 is 1.68 bits per heavy atom. The van der Waals surface area contributed by atoms with Crippen molar-refractivity contribution < 1.29 is 9.47 Å². The average molecular weight is 315 g/mol. The van der Waals surface area contributed by atoms with E-state index in [9.17, 15) is 0 Å². The van der Waals surface area contributed by atoms with Gasteiger partial charge in [0.2, 0.25) is 0 Å². The Morgan fingerprint density at radius 1 is 0.636 bits per heavy atom. The minimum atomic E-state index is 0.322. The lowest BCUT2D eigenvalue weighted by Gasteiger charge is -2.21. The Kier molecular flexibility index (Phi) is 15.7. The molecule has 0 radical (unpaired) electrons. The summed E-state index contributed by atoms with van der Waals surface area (Å²) >= 11 is 0. The van der Waals surface area contributed by atoms with Gasteiger partial charge in [-0.25, -0.2) is 0 Å². The molecule has 2 heteroatoms. The largest absolute Gasteiger partial charge is 0.379 e. The van der Waals surface area contributed by atoms with Gasteiger partial charge in [0.05, 0.1) is 18.3 Å². The summed E-state index contributed by atoms with van der Waals surface area (Å²) in [5.41, 5.74) is 0. The number of hydrogen-bond acceptors (Lipinski definition) is 2. The molecule has 0 amide bonds. The van der Waals surface area contributed by atoms with Crippen molar-refractivity contribution in [2.75, 3.05) is 6.61 Å². The van der Waals surface area contributed by atoms with E-state index in [2.05, 4.69) is 34.6 Å². The lowest BCUT2D eigenvalue weighted by Crippen LogP contribution is -2.21. The summed E-state index contributed by atoms with van der Waals surface area (Å²) in [4.78, 5) is 0. The van der Waals surface area contributed by atoms with Crippen molar-refractivity contribution in [2.24, 2.45) is 0 Å². The van der Waals surface area contributed by atoms with Crippen LogP contribution >= 0.6 is 0 Å². The maximum Gasteiger partial charge on any atom is 0.0600 e. The first-order valence-corrected chi connectivity index (χ1v) is 9.83. The van der Waals surface area contributed by atoms with Crippen LogP contribution in [0.4, 0.5) is 0 Å². The molecule has 0 aliphatic rings. The van der Waals surface area contributed by atoms with E-state index in [1.807, 2.05) is 0 Å². The molecule has 2 nitrogen and oxygen atoms in total. The normalized spacial score (nSPS) is 13.2. The smallest absolute Gasteiger partial charge is 0.0600 e. The topological polar surface area (TPSA) is 18.5 Å². The van der Waals surface area contributed by atoms with Gasteiger partial charge in [0.25, 0.3) is 0 Å². The molecule has 0 aliphatic carbocycles. The van der Waals surface area contributed by atoms with Crippen LogP contribution in [0.25, 0.3) is 0 Å². The second-order valence-corrected chi connectivity index (χ2v) is 7.13. The summed E-state index contributed by atoms with van der Waals surface area (Å²) < 4.78 is 11.7. The Balaban J connectivity index is 3.57. The van der Waals surface area contributed by atoms with Crippen molar-refractivity contribution in [3.63, 3.8) is 0 Å². The number of hydrogen-bond donors (Lipinski definition) is 0. The molecule has 0 fully saturated rings. The number of ether oxygens (including phenoxy) is 2. The van der Waals surface area contributed by atoms with E-state index in [0.29, 0.717) is 18.3 Å². The highest BCUT2D eigenvalue weighted by Crippen LogP contribution is 2.15. The van der Waals surface area contributed by atoms with E-state index in [1.54, 1.807) is 0 Å². The van der Waals surface area contributed by atoms with Gasteiger partial charge < -0.3 is 9.47 Å². The zero-order valence-electron chi connectivity index (χ0n) is 16.0. The first-order chi connectivity index (χ1) is 10.6. The Bertz CT molecular complexity index is 214. The molecule has 0 aromatic carbocycles. The number of rotatable bonds is 16. The Morgan fingerprint density at radius 2 is 1.18 bits per heavy atom. The first kappa shape index (κ1) is 21.9. The molecule has 134 valence electrons. The van der Waals surface area contributed by atoms with E-state index in [1.165, 1.54) is 64.2 Å². The summed E-state index contributed by atoms with van der Waals surface area (Å²) in [5.74, 6) is 0. The fourth-order valence-corrected chi connectivity index (χ4v) is 2.78. The summed E-state index contributed by atoms with van der Waals surface area (Å²) in [5, 5.41) is 0. The second kappa shape index (κ2) is 15.8. The molecule has 0 saturated heterocycles. The summed E-state index contributed by atoms with van der Waals surface area (Å²) in [6, 6.07) is 0. The standard InChI is InChI=1S/C20H42O2/c1-6-7-8-9-10-11-12-13-14-15-20(22-19(4)5)16-17-21-18(2)3/h18-20H,6-17H2,1-5H3. The van der Waals surface area contributed by atoms with Crippen LogP contribution in [0, 0.1) is 0 Å². The highest BCUT2D eigenvalue weighted by molar-refractivity contribution is 4.61. The first-order valence-electron chi connectivity index (χ1n) is 9.83. The van der Waals surface area contributed by atoms with Gasteiger partial charge in [0.1, 0.15) is 0 Å². The average Bonchev–Trinajstić information content (AvgIpc) is 2.44. The van der Waals surface area contributed by atoms with Crippen molar-refractivity contribution >= 4 is 0 Å². The zero-order valence-corrected chi connectivity index (χ0v) is 16.0. The molecule has 1 unspecified atom stereocenters. The molecule has 0 saturated carbocycles. The third kappa shape index (κ3) is 16.3. The van der Waals surface area contributed by atoms with Crippen LogP contribution in [0.3, 0.4) is 0 Å². The molecular formula is C20H42O2. The molecule has 0 N–H and O–H groups in total. The second-order valence-electron chi connectivity index (χ2n) is 7.13. The minimum absolute atomic E-state index is 0.322. The van der Waals surface area contributed by atoms with E-state index >= 15 is 0 Å². The molecule has 0 spiro atoms. The molecular weight excluding hydrogens is 272 g/mol. The molecule has 0 heterocycles. The Labute approximate surface area is 140 Å². The third-order valence-electron chi connectivity index (χ3n) is 3.99. The molecule has 0 aliphatic heterocycles. The van der Waals surface area contributed by atoms with Crippen LogP contribution in [0.5, 0.6) is 0 Å². The van der Waals surface area contributed by atoms with E-state index in [0.717, 1.165) is 13.0 Å². The molecule has 0 aromatic heterocycles. The quantitative estimate of drug-likeness (QED) is 0.302. The van der Waals surface area contributed by atoms with Gasteiger partial charge in [0, 0.05) is 6.61 Å². The highest BCUT2D eigenvalue weighted by Gasteiger charge is 2.11. The van der Waals surface area contributed by atoms with Gasteiger partial charge in [-0.3, -0.25) is 0 Å². The highest BCUT2D eigenvalue weighted by atomic mass is 16.5. The molecule has 1 atom stereocenters. The zero-order chi connectivity index (χ0) is 16.6. The maximum atomic E-state index is 6.02.